The molecule has 0 bridgehead atoms. The van der Waals surface area contributed by atoms with Crippen molar-refractivity contribution in [1.82, 2.24) is 0 Å². The standard InChI is InChI=1S/C14H18N2O5/c1-5-21-14(18)13(9(2)17)16-15-11-8-10(19-3)6-7-12(11)20-4/h6-8,17H,5H2,1-4H3/b13-9-,16-15?. The molecular weight excluding hydrogens is 276 g/mol. The van der Waals surface area contributed by atoms with Gasteiger partial charge < -0.3 is 19.3 Å². The number of allylic oxidation sites excluding steroid dienone is 1. The number of azo groups is 1. The predicted octanol–water partition coefficient (Wildman–Crippen LogP) is 3.14. The van der Waals surface area contributed by atoms with Gasteiger partial charge in [0, 0.05) is 6.07 Å². The third-order valence-electron chi connectivity index (χ3n) is 2.46. The van der Waals surface area contributed by atoms with Gasteiger partial charge in [-0.05, 0) is 26.0 Å². The Kier molecular flexibility index (Phi) is 6.19. The summed E-state index contributed by atoms with van der Waals surface area (Å²) >= 11 is 0. The van der Waals surface area contributed by atoms with Crippen LogP contribution in [0.3, 0.4) is 0 Å². The van der Waals surface area contributed by atoms with Gasteiger partial charge in [-0.15, -0.1) is 10.2 Å². The summed E-state index contributed by atoms with van der Waals surface area (Å²) in [5.41, 5.74) is 0.0987. The highest BCUT2D eigenvalue weighted by Gasteiger charge is 2.14. The van der Waals surface area contributed by atoms with Crippen LogP contribution in [0.4, 0.5) is 5.69 Å². The summed E-state index contributed by atoms with van der Waals surface area (Å²) in [7, 11) is 3.00. The summed E-state index contributed by atoms with van der Waals surface area (Å²) < 4.78 is 15.0. The van der Waals surface area contributed by atoms with Crippen molar-refractivity contribution in [3.63, 3.8) is 0 Å². The number of ether oxygens (including phenoxy) is 3. The summed E-state index contributed by atoms with van der Waals surface area (Å²) in [6, 6.07) is 4.96. The number of benzene rings is 1. The molecule has 7 nitrogen and oxygen atoms in total. The molecule has 0 saturated heterocycles. The minimum atomic E-state index is -0.747. The molecule has 0 atom stereocenters. The van der Waals surface area contributed by atoms with Crippen molar-refractivity contribution in [2.24, 2.45) is 10.2 Å². The maximum Gasteiger partial charge on any atom is 0.362 e. The molecule has 0 spiro atoms. The van der Waals surface area contributed by atoms with E-state index in [9.17, 15) is 9.90 Å². The zero-order valence-corrected chi connectivity index (χ0v) is 12.4. The first-order valence-electron chi connectivity index (χ1n) is 6.24. The minimum absolute atomic E-state index is 0.174. The molecule has 1 aromatic carbocycles. The van der Waals surface area contributed by atoms with Crippen LogP contribution in [-0.2, 0) is 9.53 Å². The number of methoxy groups -OCH3 is 2. The van der Waals surface area contributed by atoms with E-state index in [-0.39, 0.29) is 18.1 Å². The fourth-order valence-electron chi connectivity index (χ4n) is 1.44. The fourth-order valence-corrected chi connectivity index (χ4v) is 1.44. The largest absolute Gasteiger partial charge is 0.510 e. The van der Waals surface area contributed by atoms with Crippen LogP contribution in [0, 0.1) is 0 Å². The lowest BCUT2D eigenvalue weighted by Crippen LogP contribution is -2.07. The maximum atomic E-state index is 11.6. The molecule has 0 aliphatic rings. The van der Waals surface area contributed by atoms with Crippen LogP contribution in [0.15, 0.2) is 39.9 Å². The predicted molar refractivity (Wildman–Crippen MR) is 76.0 cm³/mol. The molecule has 0 amide bonds. The Hall–Kier alpha value is -2.57. The zero-order chi connectivity index (χ0) is 15.8. The lowest BCUT2D eigenvalue weighted by atomic mass is 10.3. The number of carbonyl (C=O) groups excluding carboxylic acids is 1. The number of aliphatic hydroxyl groups excluding tert-OH is 1. The van der Waals surface area contributed by atoms with Crippen LogP contribution in [0.1, 0.15) is 13.8 Å². The minimum Gasteiger partial charge on any atom is -0.510 e. The van der Waals surface area contributed by atoms with Crippen LogP contribution in [0.2, 0.25) is 0 Å². The van der Waals surface area contributed by atoms with E-state index in [2.05, 4.69) is 10.2 Å². The molecule has 0 radical (unpaired) electrons. The van der Waals surface area contributed by atoms with Crippen molar-refractivity contribution in [3.05, 3.63) is 29.7 Å². The summed E-state index contributed by atoms with van der Waals surface area (Å²) in [5, 5.41) is 17.1. The van der Waals surface area contributed by atoms with Gasteiger partial charge in [-0.25, -0.2) is 4.79 Å². The van der Waals surface area contributed by atoms with E-state index in [1.807, 2.05) is 0 Å². The van der Waals surface area contributed by atoms with Crippen LogP contribution in [-0.4, -0.2) is 31.9 Å². The molecule has 0 aromatic heterocycles. The van der Waals surface area contributed by atoms with Crippen LogP contribution < -0.4 is 9.47 Å². The highest BCUT2D eigenvalue weighted by atomic mass is 16.5. The van der Waals surface area contributed by atoms with E-state index in [1.54, 1.807) is 25.1 Å². The number of aliphatic hydroxyl groups is 1. The van der Waals surface area contributed by atoms with Gasteiger partial charge in [0.15, 0.2) is 0 Å². The molecule has 114 valence electrons. The van der Waals surface area contributed by atoms with Crippen molar-refractivity contribution in [2.75, 3.05) is 20.8 Å². The molecule has 1 N–H and O–H groups in total. The van der Waals surface area contributed by atoms with Gasteiger partial charge in [0.05, 0.1) is 20.8 Å². The van der Waals surface area contributed by atoms with Gasteiger partial charge in [-0.1, -0.05) is 0 Å². The van der Waals surface area contributed by atoms with Crippen molar-refractivity contribution in [3.8, 4) is 11.5 Å². The summed E-state index contributed by atoms with van der Waals surface area (Å²) in [4.78, 5) is 11.6. The number of nitrogens with zero attached hydrogens (tertiary/aromatic N) is 2. The lowest BCUT2D eigenvalue weighted by molar-refractivity contribution is -0.138. The molecule has 0 fully saturated rings. The number of rotatable bonds is 6. The molecule has 0 heterocycles. The second-order valence-electron chi connectivity index (χ2n) is 3.89. The average Bonchev–Trinajstić information content (AvgIpc) is 2.47. The van der Waals surface area contributed by atoms with Gasteiger partial charge in [0.1, 0.15) is 22.9 Å². The van der Waals surface area contributed by atoms with E-state index in [0.717, 1.165) is 0 Å². The molecule has 0 aliphatic heterocycles. The molecule has 1 rings (SSSR count). The van der Waals surface area contributed by atoms with Crippen molar-refractivity contribution >= 4 is 11.7 Å². The van der Waals surface area contributed by atoms with E-state index >= 15 is 0 Å². The summed E-state index contributed by atoms with van der Waals surface area (Å²) in [6.45, 7) is 3.16. The number of hydrogen-bond donors (Lipinski definition) is 1. The quantitative estimate of drug-likeness (QED) is 0.377. The molecule has 0 saturated carbocycles. The third-order valence-corrected chi connectivity index (χ3v) is 2.46. The molecular formula is C14H18N2O5. The molecule has 21 heavy (non-hydrogen) atoms. The first-order chi connectivity index (χ1) is 10.0. The molecule has 7 heteroatoms. The fraction of sp³-hybridized carbons (Fsp3) is 0.357. The first kappa shape index (κ1) is 16.5. The Morgan fingerprint density at radius 3 is 2.52 bits per heavy atom. The number of hydrogen-bond acceptors (Lipinski definition) is 7. The van der Waals surface area contributed by atoms with Crippen LogP contribution in [0.25, 0.3) is 0 Å². The second kappa shape index (κ2) is 7.88. The smallest absolute Gasteiger partial charge is 0.362 e. The Morgan fingerprint density at radius 2 is 2.00 bits per heavy atom. The van der Waals surface area contributed by atoms with Gasteiger partial charge >= 0.3 is 5.97 Å². The lowest BCUT2D eigenvalue weighted by Gasteiger charge is -2.06. The normalized spacial score (nSPS) is 12.0. The first-order valence-corrected chi connectivity index (χ1v) is 6.24. The Labute approximate surface area is 122 Å². The third kappa shape index (κ3) is 4.48. The second-order valence-corrected chi connectivity index (χ2v) is 3.89. The average molecular weight is 294 g/mol. The van der Waals surface area contributed by atoms with Crippen LogP contribution >= 0.6 is 0 Å². The van der Waals surface area contributed by atoms with E-state index in [4.69, 9.17) is 14.2 Å². The molecule has 1 aromatic rings. The highest BCUT2D eigenvalue weighted by molar-refractivity contribution is 5.88. The highest BCUT2D eigenvalue weighted by Crippen LogP contribution is 2.32. The van der Waals surface area contributed by atoms with Crippen molar-refractivity contribution in [2.45, 2.75) is 13.8 Å². The summed E-state index contributed by atoms with van der Waals surface area (Å²) in [5.74, 6) is -0.00679. The van der Waals surface area contributed by atoms with Gasteiger partial charge in [0.2, 0.25) is 5.70 Å². The number of esters is 1. The Bertz CT molecular complexity index is 562. The zero-order valence-electron chi connectivity index (χ0n) is 12.4. The van der Waals surface area contributed by atoms with Gasteiger partial charge in [-0.3, -0.25) is 0 Å². The van der Waals surface area contributed by atoms with E-state index in [1.165, 1.54) is 21.1 Å². The number of carbonyl (C=O) groups is 1. The van der Waals surface area contributed by atoms with E-state index in [0.29, 0.717) is 17.2 Å². The van der Waals surface area contributed by atoms with Crippen molar-refractivity contribution < 1.29 is 24.1 Å². The van der Waals surface area contributed by atoms with Gasteiger partial charge in [0.25, 0.3) is 0 Å². The maximum absolute atomic E-state index is 11.6. The van der Waals surface area contributed by atoms with Crippen LogP contribution in [0.5, 0.6) is 11.5 Å². The SMILES string of the molecule is CCOC(=O)/C(N=Nc1cc(OC)ccc1OC)=C(\C)O. The monoisotopic (exact) mass is 294 g/mol. The Balaban J connectivity index is 3.12. The molecule has 0 unspecified atom stereocenters. The van der Waals surface area contributed by atoms with Crippen molar-refractivity contribution in [1.29, 1.82) is 0 Å². The Morgan fingerprint density at radius 1 is 1.29 bits per heavy atom. The molecule has 0 aliphatic carbocycles. The van der Waals surface area contributed by atoms with Gasteiger partial charge in [-0.2, -0.15) is 0 Å². The topological polar surface area (TPSA) is 89.7 Å². The summed E-state index contributed by atoms with van der Waals surface area (Å²) in [6.07, 6.45) is 0. The van der Waals surface area contributed by atoms with E-state index < -0.39 is 5.97 Å².